The molecule has 4 nitrogen and oxygen atoms in total. The maximum absolute atomic E-state index is 6.70. The lowest BCUT2D eigenvalue weighted by Gasteiger charge is -2.17. The molecule has 222 valence electrons. The number of allylic oxidation sites excluding steroid dienone is 2. The second kappa shape index (κ2) is 10.1. The van der Waals surface area contributed by atoms with E-state index in [2.05, 4.69) is 149 Å². The molecule has 0 spiro atoms. The van der Waals surface area contributed by atoms with E-state index < -0.39 is 0 Å². The van der Waals surface area contributed by atoms with Gasteiger partial charge in [0.05, 0.1) is 22.7 Å². The number of rotatable bonds is 4. The van der Waals surface area contributed by atoms with Crippen LogP contribution in [-0.2, 0) is 0 Å². The molecule has 4 heterocycles. The summed E-state index contributed by atoms with van der Waals surface area (Å²) in [6.45, 7) is 0.739. The van der Waals surface area contributed by atoms with Crippen LogP contribution in [0.1, 0.15) is 11.1 Å². The van der Waals surface area contributed by atoms with Crippen molar-refractivity contribution >= 4 is 66.0 Å². The molecule has 0 saturated carbocycles. The summed E-state index contributed by atoms with van der Waals surface area (Å²) >= 11 is 0. The Bertz CT molecular complexity index is 2720. The SMILES string of the molecule is C1=C(c2ccc3c4c5oc6ccc(-c7ccccc7)cc6c5ccc4n(-c4ccccc4)c3c2)NCC=C1c1cccc2ccoc12. The molecular weight excluding hydrogens is 576 g/mol. The molecule has 0 unspecified atom stereocenters. The Balaban J connectivity index is 1.19. The maximum Gasteiger partial charge on any atom is 0.145 e. The number of hydrogen-bond donors (Lipinski definition) is 1. The minimum absolute atomic E-state index is 0.739. The van der Waals surface area contributed by atoms with Crippen molar-refractivity contribution in [2.45, 2.75) is 0 Å². The number of nitrogens with one attached hydrogen (secondary N) is 1. The normalized spacial score (nSPS) is 13.4. The van der Waals surface area contributed by atoms with Gasteiger partial charge in [-0.1, -0.05) is 91.0 Å². The molecule has 0 aliphatic carbocycles. The Morgan fingerprint density at radius 2 is 1.43 bits per heavy atom. The van der Waals surface area contributed by atoms with E-state index in [9.17, 15) is 0 Å². The smallest absolute Gasteiger partial charge is 0.145 e. The number of hydrogen-bond acceptors (Lipinski definition) is 3. The van der Waals surface area contributed by atoms with Gasteiger partial charge in [0.25, 0.3) is 0 Å². The summed E-state index contributed by atoms with van der Waals surface area (Å²) in [6, 6.07) is 47.2. The molecule has 0 amide bonds. The Morgan fingerprint density at radius 3 is 2.32 bits per heavy atom. The molecule has 0 saturated heterocycles. The number of fused-ring (bicyclic) bond motifs is 8. The molecule has 1 aliphatic rings. The maximum atomic E-state index is 6.70. The molecule has 9 aromatic rings. The number of para-hydroxylation sites is 2. The van der Waals surface area contributed by atoms with Crippen molar-refractivity contribution in [2.24, 2.45) is 0 Å². The van der Waals surface area contributed by atoms with E-state index in [-0.39, 0.29) is 0 Å². The van der Waals surface area contributed by atoms with Crippen LogP contribution in [0.4, 0.5) is 0 Å². The van der Waals surface area contributed by atoms with Crippen LogP contribution in [0.3, 0.4) is 0 Å². The van der Waals surface area contributed by atoms with Gasteiger partial charge >= 0.3 is 0 Å². The molecule has 0 atom stereocenters. The van der Waals surface area contributed by atoms with Crippen LogP contribution in [0.15, 0.2) is 161 Å². The molecule has 0 radical (unpaired) electrons. The van der Waals surface area contributed by atoms with E-state index in [0.29, 0.717) is 0 Å². The molecule has 0 fully saturated rings. The van der Waals surface area contributed by atoms with E-state index in [4.69, 9.17) is 8.83 Å². The lowest BCUT2D eigenvalue weighted by molar-refractivity contribution is 0.615. The van der Waals surface area contributed by atoms with Gasteiger partial charge in [-0.3, -0.25) is 0 Å². The third kappa shape index (κ3) is 4.01. The summed E-state index contributed by atoms with van der Waals surface area (Å²) in [7, 11) is 0. The Labute approximate surface area is 270 Å². The molecule has 1 N–H and O–H groups in total. The van der Waals surface area contributed by atoms with Crippen LogP contribution in [0.5, 0.6) is 0 Å². The zero-order valence-electron chi connectivity index (χ0n) is 25.4. The first-order valence-corrected chi connectivity index (χ1v) is 16.0. The van der Waals surface area contributed by atoms with Gasteiger partial charge in [0, 0.05) is 45.0 Å². The summed E-state index contributed by atoms with van der Waals surface area (Å²) in [4.78, 5) is 0. The molecule has 4 heteroatoms. The summed E-state index contributed by atoms with van der Waals surface area (Å²) < 4.78 is 14.9. The second-order valence-corrected chi connectivity index (χ2v) is 12.2. The number of nitrogens with zero attached hydrogens (tertiary/aromatic N) is 1. The van der Waals surface area contributed by atoms with E-state index in [1.54, 1.807) is 6.26 Å². The van der Waals surface area contributed by atoms with Gasteiger partial charge in [-0.15, -0.1) is 0 Å². The van der Waals surface area contributed by atoms with Crippen molar-refractivity contribution in [1.29, 1.82) is 0 Å². The van der Waals surface area contributed by atoms with Gasteiger partial charge in [0.1, 0.15) is 16.7 Å². The van der Waals surface area contributed by atoms with Crippen molar-refractivity contribution in [3.63, 3.8) is 0 Å². The highest BCUT2D eigenvalue weighted by molar-refractivity contribution is 6.24. The topological polar surface area (TPSA) is 43.2 Å². The zero-order chi connectivity index (χ0) is 30.9. The standard InChI is InChI=1S/C43H28N2O2/c1-3-8-27(9-4-1)29-15-19-40-36(24-29)34-17-18-38-41(43(34)47-40)35-16-14-31(26-39(35)45(38)32-11-5-2-6-12-32)37-25-30(20-22-44-37)33-13-7-10-28-21-23-46-42(28)33/h1-21,23-26,44H,22H2. The van der Waals surface area contributed by atoms with E-state index in [0.717, 1.165) is 89.3 Å². The van der Waals surface area contributed by atoms with Gasteiger partial charge in [0.15, 0.2) is 0 Å². The largest absolute Gasteiger partial charge is 0.464 e. The van der Waals surface area contributed by atoms with E-state index >= 15 is 0 Å². The summed E-state index contributed by atoms with van der Waals surface area (Å²) in [6.07, 6.45) is 6.22. The zero-order valence-corrected chi connectivity index (χ0v) is 25.4. The molecule has 47 heavy (non-hydrogen) atoms. The predicted octanol–water partition coefficient (Wildman–Crippen LogP) is 11.1. The third-order valence-corrected chi connectivity index (χ3v) is 9.50. The van der Waals surface area contributed by atoms with Crippen molar-refractivity contribution < 1.29 is 8.83 Å². The quantitative estimate of drug-likeness (QED) is 0.217. The van der Waals surface area contributed by atoms with Crippen LogP contribution in [-0.4, -0.2) is 11.1 Å². The van der Waals surface area contributed by atoms with Crippen LogP contribution in [0.2, 0.25) is 0 Å². The van der Waals surface area contributed by atoms with Gasteiger partial charge in [0.2, 0.25) is 0 Å². The first-order chi connectivity index (χ1) is 23.3. The second-order valence-electron chi connectivity index (χ2n) is 12.2. The van der Waals surface area contributed by atoms with Crippen molar-refractivity contribution in [3.05, 3.63) is 163 Å². The average Bonchev–Trinajstić information content (AvgIpc) is 3.85. The highest BCUT2D eigenvalue weighted by atomic mass is 16.3. The number of aromatic nitrogens is 1. The van der Waals surface area contributed by atoms with Crippen molar-refractivity contribution in [3.8, 4) is 16.8 Å². The molecule has 0 bridgehead atoms. The Morgan fingerprint density at radius 1 is 0.596 bits per heavy atom. The Hall–Kier alpha value is -6.26. The first kappa shape index (κ1) is 26.0. The average molecular weight is 605 g/mol. The van der Waals surface area contributed by atoms with Gasteiger partial charge in [-0.2, -0.15) is 0 Å². The molecule has 1 aliphatic heterocycles. The monoisotopic (exact) mass is 604 g/mol. The van der Waals surface area contributed by atoms with Crippen molar-refractivity contribution in [2.75, 3.05) is 6.54 Å². The number of benzene rings is 6. The highest BCUT2D eigenvalue weighted by Gasteiger charge is 2.21. The molecule has 10 rings (SSSR count). The number of dihydropyridines is 1. The van der Waals surface area contributed by atoms with Crippen molar-refractivity contribution in [1.82, 2.24) is 9.88 Å². The predicted molar refractivity (Wildman–Crippen MR) is 194 cm³/mol. The minimum Gasteiger partial charge on any atom is -0.464 e. The summed E-state index contributed by atoms with van der Waals surface area (Å²) in [5.74, 6) is 0. The first-order valence-electron chi connectivity index (χ1n) is 16.0. The molecule has 6 aromatic carbocycles. The van der Waals surface area contributed by atoms with Gasteiger partial charge in [-0.25, -0.2) is 0 Å². The van der Waals surface area contributed by atoms with Crippen LogP contribution < -0.4 is 5.32 Å². The fraction of sp³-hybridized carbons (Fsp3) is 0.0233. The fourth-order valence-corrected chi connectivity index (χ4v) is 7.30. The highest BCUT2D eigenvalue weighted by Crippen LogP contribution is 2.42. The third-order valence-electron chi connectivity index (χ3n) is 9.50. The lowest BCUT2D eigenvalue weighted by atomic mass is 9.97. The summed E-state index contributed by atoms with van der Waals surface area (Å²) in [5.41, 5.74) is 12.9. The lowest BCUT2D eigenvalue weighted by Crippen LogP contribution is -2.16. The van der Waals surface area contributed by atoms with Crippen LogP contribution >= 0.6 is 0 Å². The number of furan rings is 2. The van der Waals surface area contributed by atoms with E-state index in [1.807, 2.05) is 6.07 Å². The summed E-state index contributed by atoms with van der Waals surface area (Å²) in [5, 5.41) is 9.28. The fourth-order valence-electron chi connectivity index (χ4n) is 7.30. The minimum atomic E-state index is 0.739. The Kier molecular flexibility index (Phi) is 5.60. The van der Waals surface area contributed by atoms with Gasteiger partial charge in [-0.05, 0) is 76.9 Å². The molecular formula is C43H28N2O2. The van der Waals surface area contributed by atoms with Gasteiger partial charge < -0.3 is 18.7 Å². The molecule has 3 aromatic heterocycles. The van der Waals surface area contributed by atoms with Crippen LogP contribution in [0, 0.1) is 0 Å². The van der Waals surface area contributed by atoms with Crippen LogP contribution in [0.25, 0.3) is 82.8 Å². The van der Waals surface area contributed by atoms with E-state index in [1.165, 1.54) is 11.1 Å².